The van der Waals surface area contributed by atoms with Crippen molar-refractivity contribution in [1.29, 1.82) is 0 Å². The monoisotopic (exact) mass is 432 g/mol. The van der Waals surface area contributed by atoms with Crippen molar-refractivity contribution >= 4 is 21.6 Å². The number of hydrogen-bond acceptors (Lipinski definition) is 4. The average molecular weight is 433 g/mol. The van der Waals surface area contributed by atoms with E-state index >= 15 is 0 Å². The Kier molecular flexibility index (Phi) is 8.72. The second kappa shape index (κ2) is 11.0. The zero-order valence-electron chi connectivity index (χ0n) is 18.3. The fraction of sp³-hybridized carbons (Fsp3) is 0.435. The molecule has 0 radical (unpaired) electrons. The summed E-state index contributed by atoms with van der Waals surface area (Å²) in [5.41, 5.74) is 3.85. The van der Waals surface area contributed by atoms with E-state index in [1.54, 1.807) is 7.11 Å². The molecule has 0 aromatic heterocycles. The van der Waals surface area contributed by atoms with Gasteiger partial charge >= 0.3 is 0 Å². The van der Waals surface area contributed by atoms with Crippen LogP contribution in [0, 0.1) is 13.8 Å². The lowest BCUT2D eigenvalue weighted by molar-refractivity contribution is -0.121. The van der Waals surface area contributed by atoms with Crippen molar-refractivity contribution in [3.05, 3.63) is 59.2 Å². The van der Waals surface area contributed by atoms with E-state index in [9.17, 15) is 13.2 Å². The first-order valence-corrected chi connectivity index (χ1v) is 12.0. The van der Waals surface area contributed by atoms with E-state index in [2.05, 4.69) is 5.32 Å². The zero-order chi connectivity index (χ0) is 22.1. The van der Waals surface area contributed by atoms with Crippen molar-refractivity contribution < 1.29 is 17.9 Å². The quantitative estimate of drug-likeness (QED) is 0.551. The van der Waals surface area contributed by atoms with Crippen LogP contribution in [0.5, 0.6) is 5.75 Å². The predicted octanol–water partition coefficient (Wildman–Crippen LogP) is 3.61. The molecular weight excluding hydrogens is 400 g/mol. The van der Waals surface area contributed by atoms with Crippen molar-refractivity contribution in [3.63, 3.8) is 0 Å². The Morgan fingerprint density at radius 2 is 1.77 bits per heavy atom. The molecule has 1 N–H and O–H groups in total. The minimum atomic E-state index is -3.42. The number of sulfonamides is 1. The van der Waals surface area contributed by atoms with E-state index in [-0.39, 0.29) is 12.5 Å². The molecule has 0 aliphatic carbocycles. The fourth-order valence-electron chi connectivity index (χ4n) is 3.25. The van der Waals surface area contributed by atoms with E-state index < -0.39 is 10.0 Å². The van der Waals surface area contributed by atoms with Crippen LogP contribution < -0.4 is 14.4 Å². The third-order valence-electron chi connectivity index (χ3n) is 5.13. The molecule has 0 saturated heterocycles. The molecule has 164 valence electrons. The number of aryl methyl sites for hydroxylation is 2. The lowest BCUT2D eigenvalue weighted by atomic mass is 10.1. The third kappa shape index (κ3) is 7.06. The Balaban J connectivity index is 1.78. The van der Waals surface area contributed by atoms with Crippen molar-refractivity contribution in [1.82, 2.24) is 5.32 Å². The summed E-state index contributed by atoms with van der Waals surface area (Å²) in [7, 11) is -1.78. The molecule has 0 atom stereocenters. The summed E-state index contributed by atoms with van der Waals surface area (Å²) in [6.45, 7) is 4.75. The molecule has 0 heterocycles. The second-order valence-corrected chi connectivity index (χ2v) is 9.37. The lowest BCUT2D eigenvalue weighted by Gasteiger charge is -2.24. The van der Waals surface area contributed by atoms with Gasteiger partial charge in [0.05, 0.1) is 19.1 Å². The SMILES string of the molecule is COc1ccc(CCCNC(=O)CCCN(c2cccc(C)c2C)S(C)(=O)=O)cc1. The summed E-state index contributed by atoms with van der Waals surface area (Å²) < 4.78 is 31.1. The number of benzene rings is 2. The molecule has 0 fully saturated rings. The number of methoxy groups -OCH3 is 1. The molecule has 0 spiro atoms. The number of ether oxygens (including phenoxy) is 1. The van der Waals surface area contributed by atoms with Gasteiger partial charge in [-0.15, -0.1) is 0 Å². The highest BCUT2D eigenvalue weighted by Crippen LogP contribution is 2.25. The third-order valence-corrected chi connectivity index (χ3v) is 6.31. The van der Waals surface area contributed by atoms with Crippen LogP contribution in [0.25, 0.3) is 0 Å². The Morgan fingerprint density at radius 1 is 1.07 bits per heavy atom. The summed E-state index contributed by atoms with van der Waals surface area (Å²) >= 11 is 0. The van der Waals surface area contributed by atoms with Gasteiger partial charge in [0, 0.05) is 19.5 Å². The van der Waals surface area contributed by atoms with Crippen LogP contribution in [-0.4, -0.2) is 40.8 Å². The Morgan fingerprint density at radius 3 is 2.40 bits per heavy atom. The lowest BCUT2D eigenvalue weighted by Crippen LogP contribution is -2.33. The summed E-state index contributed by atoms with van der Waals surface area (Å²) in [4.78, 5) is 12.1. The van der Waals surface area contributed by atoms with Crippen LogP contribution in [0.3, 0.4) is 0 Å². The maximum absolute atomic E-state index is 12.3. The Labute approximate surface area is 180 Å². The van der Waals surface area contributed by atoms with Crippen LogP contribution in [0.15, 0.2) is 42.5 Å². The van der Waals surface area contributed by atoms with Crippen molar-refractivity contribution in [2.24, 2.45) is 0 Å². The maximum atomic E-state index is 12.3. The molecule has 0 aliphatic heterocycles. The fourth-order valence-corrected chi connectivity index (χ4v) is 4.27. The number of anilines is 1. The number of amides is 1. The summed E-state index contributed by atoms with van der Waals surface area (Å²) in [5, 5.41) is 2.92. The number of carbonyl (C=O) groups excluding carboxylic acids is 1. The first-order chi connectivity index (χ1) is 14.2. The van der Waals surface area contributed by atoms with Crippen LogP contribution >= 0.6 is 0 Å². The highest BCUT2D eigenvalue weighted by atomic mass is 32.2. The number of hydrogen-bond donors (Lipinski definition) is 1. The van der Waals surface area contributed by atoms with E-state index in [4.69, 9.17) is 4.74 Å². The molecule has 6 nitrogen and oxygen atoms in total. The normalized spacial score (nSPS) is 11.2. The Bertz CT molecular complexity index is 940. The Hall–Kier alpha value is -2.54. The number of nitrogens with one attached hydrogen (secondary N) is 1. The zero-order valence-corrected chi connectivity index (χ0v) is 19.1. The van der Waals surface area contributed by atoms with Crippen LogP contribution in [0.4, 0.5) is 5.69 Å². The van der Waals surface area contributed by atoms with E-state index in [1.807, 2.05) is 56.3 Å². The topological polar surface area (TPSA) is 75.7 Å². The minimum Gasteiger partial charge on any atom is -0.497 e. The highest BCUT2D eigenvalue weighted by molar-refractivity contribution is 7.92. The average Bonchev–Trinajstić information content (AvgIpc) is 2.70. The molecule has 0 bridgehead atoms. The smallest absolute Gasteiger partial charge is 0.232 e. The molecule has 0 aliphatic rings. The van der Waals surface area contributed by atoms with Crippen molar-refractivity contribution in [2.45, 2.75) is 39.5 Å². The molecule has 2 rings (SSSR count). The second-order valence-electron chi connectivity index (χ2n) is 7.46. The number of carbonyl (C=O) groups is 1. The highest BCUT2D eigenvalue weighted by Gasteiger charge is 2.19. The van der Waals surface area contributed by atoms with Crippen LogP contribution in [-0.2, 0) is 21.2 Å². The molecule has 0 unspecified atom stereocenters. The van der Waals surface area contributed by atoms with Gasteiger partial charge in [-0.05, 0) is 68.0 Å². The molecule has 2 aromatic carbocycles. The maximum Gasteiger partial charge on any atom is 0.232 e. The van der Waals surface area contributed by atoms with Gasteiger partial charge in [-0.1, -0.05) is 24.3 Å². The van der Waals surface area contributed by atoms with Gasteiger partial charge in [-0.3, -0.25) is 9.10 Å². The van der Waals surface area contributed by atoms with Crippen molar-refractivity contribution in [3.8, 4) is 5.75 Å². The first-order valence-electron chi connectivity index (χ1n) is 10.2. The summed E-state index contributed by atoms with van der Waals surface area (Å²) in [6.07, 6.45) is 3.67. The van der Waals surface area contributed by atoms with Gasteiger partial charge in [-0.25, -0.2) is 8.42 Å². The van der Waals surface area contributed by atoms with Gasteiger partial charge in [-0.2, -0.15) is 0 Å². The largest absolute Gasteiger partial charge is 0.497 e. The van der Waals surface area contributed by atoms with Crippen LogP contribution in [0.1, 0.15) is 36.0 Å². The number of rotatable bonds is 11. The molecule has 0 saturated carbocycles. The van der Waals surface area contributed by atoms with E-state index in [1.165, 1.54) is 16.1 Å². The molecule has 30 heavy (non-hydrogen) atoms. The van der Waals surface area contributed by atoms with Gasteiger partial charge in [0.1, 0.15) is 5.75 Å². The first kappa shape index (κ1) is 23.7. The summed E-state index contributed by atoms with van der Waals surface area (Å²) in [6, 6.07) is 13.5. The summed E-state index contributed by atoms with van der Waals surface area (Å²) in [5.74, 6) is 0.773. The van der Waals surface area contributed by atoms with E-state index in [0.29, 0.717) is 25.1 Å². The number of nitrogens with zero attached hydrogens (tertiary/aromatic N) is 1. The van der Waals surface area contributed by atoms with Gasteiger partial charge < -0.3 is 10.1 Å². The van der Waals surface area contributed by atoms with Crippen LogP contribution in [0.2, 0.25) is 0 Å². The van der Waals surface area contributed by atoms with Gasteiger partial charge in [0.15, 0.2) is 0 Å². The van der Waals surface area contributed by atoms with Gasteiger partial charge in [0.2, 0.25) is 15.9 Å². The molecule has 2 aromatic rings. The molecular formula is C23H32N2O4S. The molecule has 1 amide bonds. The minimum absolute atomic E-state index is 0.0563. The van der Waals surface area contributed by atoms with Gasteiger partial charge in [0.25, 0.3) is 0 Å². The standard InChI is InChI=1S/C23H32N2O4S/c1-18-8-5-10-22(19(18)2)25(30(4,27)28)17-7-11-23(26)24-16-6-9-20-12-14-21(29-3)15-13-20/h5,8,10,12-15H,6-7,9,11,16-17H2,1-4H3,(H,24,26). The molecule has 7 heteroatoms. The predicted molar refractivity (Wildman–Crippen MR) is 122 cm³/mol. The van der Waals surface area contributed by atoms with E-state index in [0.717, 1.165) is 29.7 Å². The van der Waals surface area contributed by atoms with Crippen molar-refractivity contribution in [2.75, 3.05) is 30.8 Å².